The molecule has 98 valence electrons. The number of rotatable bonds is 2. The number of benzene rings is 2. The van der Waals surface area contributed by atoms with Crippen molar-refractivity contribution in [1.29, 1.82) is 0 Å². The average Bonchev–Trinajstić information content (AvgIpc) is 2.37. The van der Waals surface area contributed by atoms with Gasteiger partial charge in [0, 0.05) is 21.4 Å². The molecular weight excluding hydrogens is 379 g/mol. The van der Waals surface area contributed by atoms with Gasteiger partial charge in [0.1, 0.15) is 5.82 Å². The second-order valence-corrected chi connectivity index (χ2v) is 5.53. The molecule has 0 heterocycles. The van der Waals surface area contributed by atoms with Crippen molar-refractivity contribution in [1.82, 2.24) is 0 Å². The summed E-state index contributed by atoms with van der Waals surface area (Å²) in [6, 6.07) is 9.24. The van der Waals surface area contributed by atoms with Crippen LogP contribution in [0.4, 0.5) is 15.8 Å². The first-order valence-corrected chi connectivity index (χ1v) is 6.87. The number of halogens is 3. The van der Waals surface area contributed by atoms with E-state index in [1.807, 2.05) is 0 Å². The van der Waals surface area contributed by atoms with E-state index in [0.29, 0.717) is 15.8 Å². The number of anilines is 2. The largest absolute Gasteiger partial charge is 0.398 e. The molecule has 3 N–H and O–H groups in total. The van der Waals surface area contributed by atoms with Crippen molar-refractivity contribution in [2.45, 2.75) is 0 Å². The van der Waals surface area contributed by atoms with Gasteiger partial charge >= 0.3 is 0 Å². The van der Waals surface area contributed by atoms with Crippen LogP contribution < -0.4 is 11.1 Å². The van der Waals surface area contributed by atoms with Gasteiger partial charge in [0.2, 0.25) is 0 Å². The third-order valence-corrected chi connectivity index (χ3v) is 3.80. The Morgan fingerprint density at radius 3 is 2.42 bits per heavy atom. The molecule has 0 radical (unpaired) electrons. The minimum atomic E-state index is -0.483. The highest BCUT2D eigenvalue weighted by molar-refractivity contribution is 9.10. The quantitative estimate of drug-likeness (QED) is 0.759. The van der Waals surface area contributed by atoms with Crippen molar-refractivity contribution >= 4 is 49.1 Å². The van der Waals surface area contributed by atoms with E-state index in [2.05, 4.69) is 37.2 Å². The molecule has 6 heteroatoms. The van der Waals surface area contributed by atoms with Crippen molar-refractivity contribution < 1.29 is 9.18 Å². The van der Waals surface area contributed by atoms with Crippen molar-refractivity contribution in [3.05, 3.63) is 56.7 Å². The standard InChI is InChI=1S/C13H9Br2FN2O/c14-9-3-1-7(5-11(9)16)13(19)18-8-2-4-10(15)12(17)6-8/h1-6H,17H2,(H,18,19). The molecule has 2 aromatic carbocycles. The summed E-state index contributed by atoms with van der Waals surface area (Å²) in [5.74, 6) is -0.879. The van der Waals surface area contributed by atoms with Gasteiger partial charge < -0.3 is 11.1 Å². The number of nitrogen functional groups attached to an aromatic ring is 1. The van der Waals surface area contributed by atoms with E-state index in [9.17, 15) is 9.18 Å². The van der Waals surface area contributed by atoms with E-state index in [1.165, 1.54) is 18.2 Å². The molecule has 0 aliphatic heterocycles. The van der Waals surface area contributed by atoms with Crippen molar-refractivity contribution in [3.8, 4) is 0 Å². The molecule has 0 spiro atoms. The van der Waals surface area contributed by atoms with Crippen LogP contribution in [-0.4, -0.2) is 5.91 Å². The van der Waals surface area contributed by atoms with Crippen LogP contribution in [0.5, 0.6) is 0 Å². The van der Waals surface area contributed by atoms with Crippen LogP contribution in [0.15, 0.2) is 45.3 Å². The van der Waals surface area contributed by atoms with Gasteiger partial charge in [-0.3, -0.25) is 4.79 Å². The highest BCUT2D eigenvalue weighted by atomic mass is 79.9. The number of carbonyl (C=O) groups excluding carboxylic acids is 1. The summed E-state index contributed by atoms with van der Waals surface area (Å²) >= 11 is 6.30. The first kappa shape index (κ1) is 14.0. The monoisotopic (exact) mass is 386 g/mol. The van der Waals surface area contributed by atoms with Crippen molar-refractivity contribution in [3.63, 3.8) is 0 Å². The number of hydrogen-bond donors (Lipinski definition) is 2. The normalized spacial score (nSPS) is 10.3. The molecule has 0 aliphatic rings. The maximum atomic E-state index is 13.3. The summed E-state index contributed by atoms with van der Waals surface area (Å²) in [6.45, 7) is 0. The lowest BCUT2D eigenvalue weighted by molar-refractivity contribution is 0.102. The third-order valence-electron chi connectivity index (χ3n) is 2.44. The van der Waals surface area contributed by atoms with E-state index in [4.69, 9.17) is 5.73 Å². The van der Waals surface area contributed by atoms with Crippen LogP contribution in [-0.2, 0) is 0 Å². The lowest BCUT2D eigenvalue weighted by Crippen LogP contribution is -2.12. The average molecular weight is 388 g/mol. The Balaban J connectivity index is 2.20. The molecular formula is C13H9Br2FN2O. The summed E-state index contributed by atoms with van der Waals surface area (Å²) < 4.78 is 14.4. The Hall–Kier alpha value is -1.40. The van der Waals surface area contributed by atoms with Gasteiger partial charge in [-0.2, -0.15) is 0 Å². The highest BCUT2D eigenvalue weighted by Gasteiger charge is 2.09. The summed E-state index contributed by atoms with van der Waals surface area (Å²) in [4.78, 5) is 11.9. The molecule has 0 saturated carbocycles. The summed E-state index contributed by atoms with van der Waals surface area (Å²) in [5.41, 5.74) is 7.02. The molecule has 2 rings (SSSR count). The fourth-order valence-electron chi connectivity index (χ4n) is 1.46. The van der Waals surface area contributed by atoms with Gasteiger partial charge in [-0.25, -0.2) is 4.39 Å². The number of nitrogens with two attached hydrogens (primary N) is 1. The zero-order valence-electron chi connectivity index (χ0n) is 9.58. The predicted molar refractivity (Wildman–Crippen MR) is 80.6 cm³/mol. The summed E-state index contributed by atoms with van der Waals surface area (Å²) in [6.07, 6.45) is 0. The molecule has 0 aromatic heterocycles. The first-order valence-electron chi connectivity index (χ1n) is 5.29. The maximum Gasteiger partial charge on any atom is 0.255 e. The Morgan fingerprint density at radius 1 is 1.11 bits per heavy atom. The molecule has 0 atom stereocenters. The van der Waals surface area contributed by atoms with Gasteiger partial charge in [0.15, 0.2) is 0 Å². The minimum Gasteiger partial charge on any atom is -0.398 e. The van der Waals surface area contributed by atoms with Crippen molar-refractivity contribution in [2.24, 2.45) is 0 Å². The molecule has 0 unspecified atom stereocenters. The van der Waals surface area contributed by atoms with Gasteiger partial charge in [0.05, 0.1) is 4.47 Å². The maximum absolute atomic E-state index is 13.3. The zero-order valence-corrected chi connectivity index (χ0v) is 12.8. The number of amides is 1. The van der Waals surface area contributed by atoms with Gasteiger partial charge in [-0.15, -0.1) is 0 Å². The van der Waals surface area contributed by atoms with Gasteiger partial charge in [0.25, 0.3) is 5.91 Å². The summed E-state index contributed by atoms with van der Waals surface area (Å²) in [5, 5.41) is 2.65. The second-order valence-electron chi connectivity index (χ2n) is 3.82. The fourth-order valence-corrected chi connectivity index (χ4v) is 1.96. The fraction of sp³-hybridized carbons (Fsp3) is 0. The van der Waals surface area contributed by atoms with E-state index in [1.54, 1.807) is 18.2 Å². The molecule has 19 heavy (non-hydrogen) atoms. The number of carbonyl (C=O) groups is 1. The Bertz CT molecular complexity index is 647. The second kappa shape index (κ2) is 5.71. The van der Waals surface area contributed by atoms with E-state index < -0.39 is 11.7 Å². The van der Waals surface area contributed by atoms with Crippen LogP contribution >= 0.6 is 31.9 Å². The highest BCUT2D eigenvalue weighted by Crippen LogP contribution is 2.23. The molecule has 0 bridgehead atoms. The lowest BCUT2D eigenvalue weighted by atomic mass is 10.2. The van der Waals surface area contributed by atoms with Crippen LogP contribution in [0.3, 0.4) is 0 Å². The van der Waals surface area contributed by atoms with Crippen LogP contribution in [0, 0.1) is 5.82 Å². The summed E-state index contributed by atoms with van der Waals surface area (Å²) in [7, 11) is 0. The SMILES string of the molecule is Nc1cc(NC(=O)c2ccc(Br)c(F)c2)ccc1Br. The van der Waals surface area contributed by atoms with Crippen LogP contribution in [0.25, 0.3) is 0 Å². The lowest BCUT2D eigenvalue weighted by Gasteiger charge is -2.07. The van der Waals surface area contributed by atoms with Gasteiger partial charge in [-0.1, -0.05) is 0 Å². The smallest absolute Gasteiger partial charge is 0.255 e. The molecule has 0 saturated heterocycles. The molecule has 0 fully saturated rings. The Morgan fingerprint density at radius 2 is 1.79 bits per heavy atom. The zero-order chi connectivity index (χ0) is 14.0. The van der Waals surface area contributed by atoms with Crippen LogP contribution in [0.2, 0.25) is 0 Å². The molecule has 1 amide bonds. The van der Waals surface area contributed by atoms with E-state index in [0.717, 1.165) is 4.47 Å². The third kappa shape index (κ3) is 3.33. The van der Waals surface area contributed by atoms with Crippen molar-refractivity contribution in [2.75, 3.05) is 11.1 Å². The van der Waals surface area contributed by atoms with E-state index in [-0.39, 0.29) is 5.56 Å². The number of nitrogens with one attached hydrogen (secondary N) is 1. The van der Waals surface area contributed by atoms with E-state index >= 15 is 0 Å². The first-order chi connectivity index (χ1) is 8.97. The van der Waals surface area contributed by atoms with Crippen LogP contribution in [0.1, 0.15) is 10.4 Å². The van der Waals surface area contributed by atoms with Gasteiger partial charge in [-0.05, 0) is 68.3 Å². The topological polar surface area (TPSA) is 55.1 Å². The molecule has 3 nitrogen and oxygen atoms in total. The molecule has 2 aromatic rings. The molecule has 0 aliphatic carbocycles. The minimum absolute atomic E-state index is 0.238. The number of hydrogen-bond acceptors (Lipinski definition) is 2. The predicted octanol–water partition coefficient (Wildman–Crippen LogP) is 4.19. The Kier molecular flexibility index (Phi) is 4.21. The Labute approximate surface area is 126 Å².